The van der Waals surface area contributed by atoms with E-state index < -0.39 is 11.6 Å². The number of hydrogen-bond acceptors (Lipinski definition) is 4. The Morgan fingerprint density at radius 3 is 2.39 bits per heavy atom. The van der Waals surface area contributed by atoms with Crippen molar-refractivity contribution in [1.29, 1.82) is 0 Å². The van der Waals surface area contributed by atoms with E-state index in [0.717, 1.165) is 65.1 Å². The van der Waals surface area contributed by atoms with Gasteiger partial charge in [-0.1, -0.05) is 0 Å². The van der Waals surface area contributed by atoms with E-state index in [4.69, 9.17) is 4.74 Å². The molecule has 0 aromatic heterocycles. The molecule has 1 atom stereocenters. The predicted octanol–water partition coefficient (Wildman–Crippen LogP) is 1.81. The Balaban J connectivity index is 1.50. The molecule has 0 unspecified atom stereocenters. The van der Waals surface area contributed by atoms with Crippen LogP contribution in [0.5, 0.6) is 0 Å². The minimum absolute atomic E-state index is 0.472. The number of morpholine rings is 1. The van der Waals surface area contributed by atoms with Gasteiger partial charge in [0.15, 0.2) is 0 Å². The normalized spacial score (nSPS) is 22.3. The maximum Gasteiger partial charge on any atom is 0.149 e. The Morgan fingerprint density at radius 1 is 1.04 bits per heavy atom. The summed E-state index contributed by atoms with van der Waals surface area (Å²) in [5.41, 5.74) is 0.507. The lowest BCUT2D eigenvalue weighted by atomic mass is 10.2. The molecule has 0 saturated carbocycles. The molecule has 128 valence electrons. The van der Waals surface area contributed by atoms with Gasteiger partial charge in [0, 0.05) is 57.9 Å². The van der Waals surface area contributed by atoms with E-state index in [2.05, 4.69) is 16.7 Å². The highest BCUT2D eigenvalue weighted by atomic mass is 19.1. The Morgan fingerprint density at radius 2 is 1.74 bits per heavy atom. The molecule has 2 fully saturated rings. The third-order valence-corrected chi connectivity index (χ3v) is 4.81. The lowest BCUT2D eigenvalue weighted by Crippen LogP contribution is -2.52. The molecule has 0 bridgehead atoms. The Bertz CT molecular complexity index is 515. The monoisotopic (exact) mass is 325 g/mol. The van der Waals surface area contributed by atoms with Crippen LogP contribution in [0.1, 0.15) is 6.92 Å². The van der Waals surface area contributed by atoms with Gasteiger partial charge in [0.1, 0.15) is 11.6 Å². The molecule has 1 aromatic rings. The highest BCUT2D eigenvalue weighted by Gasteiger charge is 2.23. The molecule has 0 N–H and O–H groups in total. The van der Waals surface area contributed by atoms with Crippen LogP contribution in [0.3, 0.4) is 0 Å². The van der Waals surface area contributed by atoms with Gasteiger partial charge in [-0.05, 0) is 19.1 Å². The number of rotatable bonds is 4. The van der Waals surface area contributed by atoms with Gasteiger partial charge in [0.2, 0.25) is 0 Å². The fourth-order valence-corrected chi connectivity index (χ4v) is 3.42. The molecule has 2 saturated heterocycles. The van der Waals surface area contributed by atoms with Crippen molar-refractivity contribution >= 4 is 5.69 Å². The molecular weight excluding hydrogens is 300 g/mol. The van der Waals surface area contributed by atoms with Crippen LogP contribution in [0.15, 0.2) is 18.2 Å². The van der Waals surface area contributed by atoms with Gasteiger partial charge in [-0.25, -0.2) is 8.78 Å². The second-order valence-electron chi connectivity index (χ2n) is 6.38. The summed E-state index contributed by atoms with van der Waals surface area (Å²) in [6.07, 6.45) is 0. The summed E-state index contributed by atoms with van der Waals surface area (Å²) in [6, 6.07) is 4.33. The fourth-order valence-electron chi connectivity index (χ4n) is 3.42. The van der Waals surface area contributed by atoms with Crippen molar-refractivity contribution in [2.75, 3.05) is 63.9 Å². The summed E-state index contributed by atoms with van der Waals surface area (Å²) in [5.74, 6) is -0.996. The first-order chi connectivity index (χ1) is 11.1. The minimum Gasteiger partial charge on any atom is -0.379 e. The maximum absolute atomic E-state index is 13.9. The summed E-state index contributed by atoms with van der Waals surface area (Å²) in [6.45, 7) is 10.3. The summed E-state index contributed by atoms with van der Waals surface area (Å²) in [4.78, 5) is 6.90. The van der Waals surface area contributed by atoms with E-state index in [9.17, 15) is 8.78 Å². The largest absolute Gasteiger partial charge is 0.379 e. The van der Waals surface area contributed by atoms with Crippen molar-refractivity contribution in [3.63, 3.8) is 0 Å². The van der Waals surface area contributed by atoms with E-state index in [-0.39, 0.29) is 0 Å². The summed E-state index contributed by atoms with van der Waals surface area (Å²) < 4.78 is 32.3. The summed E-state index contributed by atoms with van der Waals surface area (Å²) in [7, 11) is 0. The SMILES string of the molecule is C[C@@H](CN1CCN(c2ccc(F)cc2F)CC1)N1CCOCC1. The van der Waals surface area contributed by atoms with E-state index >= 15 is 0 Å². The zero-order valence-corrected chi connectivity index (χ0v) is 13.7. The zero-order chi connectivity index (χ0) is 16.2. The van der Waals surface area contributed by atoms with Gasteiger partial charge in [-0.2, -0.15) is 0 Å². The third-order valence-electron chi connectivity index (χ3n) is 4.81. The number of hydrogen-bond donors (Lipinski definition) is 0. The van der Waals surface area contributed by atoms with Crippen molar-refractivity contribution in [2.24, 2.45) is 0 Å². The number of nitrogens with zero attached hydrogens (tertiary/aromatic N) is 3. The standard InChI is InChI=1S/C17H25F2N3O/c1-14(21-8-10-23-11-9-21)13-20-4-6-22(7-5-20)17-3-2-15(18)12-16(17)19/h2-3,12,14H,4-11,13H2,1H3/t14-/m0/s1. The molecule has 23 heavy (non-hydrogen) atoms. The Hall–Kier alpha value is -1.24. The quantitative estimate of drug-likeness (QED) is 0.840. The third kappa shape index (κ3) is 4.19. The van der Waals surface area contributed by atoms with Crippen LogP contribution in [0, 0.1) is 11.6 Å². The molecule has 2 aliphatic heterocycles. The van der Waals surface area contributed by atoms with E-state index in [1.165, 1.54) is 12.1 Å². The number of ether oxygens (including phenoxy) is 1. The lowest BCUT2D eigenvalue weighted by molar-refractivity contribution is 0.0121. The topological polar surface area (TPSA) is 19.0 Å². The molecule has 0 radical (unpaired) electrons. The predicted molar refractivity (Wildman–Crippen MR) is 86.9 cm³/mol. The van der Waals surface area contributed by atoms with Crippen LogP contribution < -0.4 is 4.90 Å². The summed E-state index contributed by atoms with van der Waals surface area (Å²) in [5, 5.41) is 0. The molecule has 3 rings (SSSR count). The van der Waals surface area contributed by atoms with Crippen LogP contribution in [-0.2, 0) is 4.74 Å². The van der Waals surface area contributed by atoms with Crippen LogP contribution >= 0.6 is 0 Å². The van der Waals surface area contributed by atoms with Crippen molar-refractivity contribution < 1.29 is 13.5 Å². The molecule has 2 heterocycles. The smallest absolute Gasteiger partial charge is 0.149 e. The molecule has 0 amide bonds. The van der Waals surface area contributed by atoms with Crippen molar-refractivity contribution in [3.05, 3.63) is 29.8 Å². The average molecular weight is 325 g/mol. The first-order valence-electron chi connectivity index (χ1n) is 8.37. The minimum atomic E-state index is -0.524. The van der Waals surface area contributed by atoms with Gasteiger partial charge >= 0.3 is 0 Å². The molecule has 6 heteroatoms. The second kappa shape index (κ2) is 7.55. The van der Waals surface area contributed by atoms with Crippen LogP contribution in [0.2, 0.25) is 0 Å². The van der Waals surface area contributed by atoms with Crippen molar-refractivity contribution in [2.45, 2.75) is 13.0 Å². The molecular formula is C17H25F2N3O. The van der Waals surface area contributed by atoms with Gasteiger partial charge in [-0.3, -0.25) is 9.80 Å². The first kappa shape index (κ1) is 16.6. The van der Waals surface area contributed by atoms with E-state index in [0.29, 0.717) is 11.7 Å². The van der Waals surface area contributed by atoms with Crippen molar-refractivity contribution in [1.82, 2.24) is 9.80 Å². The highest BCUT2D eigenvalue weighted by molar-refractivity contribution is 5.48. The molecule has 0 spiro atoms. The molecule has 4 nitrogen and oxygen atoms in total. The van der Waals surface area contributed by atoms with Crippen molar-refractivity contribution in [3.8, 4) is 0 Å². The van der Waals surface area contributed by atoms with Gasteiger partial charge in [0.25, 0.3) is 0 Å². The second-order valence-corrected chi connectivity index (χ2v) is 6.38. The number of anilines is 1. The van der Waals surface area contributed by atoms with Gasteiger partial charge in [0.05, 0.1) is 18.9 Å². The van der Waals surface area contributed by atoms with E-state index in [1.54, 1.807) is 0 Å². The first-order valence-corrected chi connectivity index (χ1v) is 8.37. The Labute approximate surface area is 136 Å². The molecule has 2 aliphatic rings. The number of halogens is 2. The van der Waals surface area contributed by atoms with E-state index in [1.807, 2.05) is 4.90 Å². The van der Waals surface area contributed by atoms with Crippen LogP contribution in [0.25, 0.3) is 0 Å². The molecule has 1 aromatic carbocycles. The molecule has 0 aliphatic carbocycles. The van der Waals surface area contributed by atoms with Gasteiger partial charge in [-0.15, -0.1) is 0 Å². The van der Waals surface area contributed by atoms with Gasteiger partial charge < -0.3 is 9.64 Å². The highest BCUT2D eigenvalue weighted by Crippen LogP contribution is 2.21. The average Bonchev–Trinajstić information content (AvgIpc) is 2.57. The zero-order valence-electron chi connectivity index (χ0n) is 13.7. The maximum atomic E-state index is 13.9. The number of benzene rings is 1. The Kier molecular flexibility index (Phi) is 5.46. The van der Waals surface area contributed by atoms with Crippen LogP contribution in [-0.4, -0.2) is 74.9 Å². The number of piperazine rings is 1. The fraction of sp³-hybridized carbons (Fsp3) is 0.647. The summed E-state index contributed by atoms with van der Waals surface area (Å²) >= 11 is 0. The van der Waals surface area contributed by atoms with Crippen LogP contribution in [0.4, 0.5) is 14.5 Å². The lowest BCUT2D eigenvalue weighted by Gasteiger charge is -2.40.